The Balaban J connectivity index is 2.50. The monoisotopic (exact) mass is 194 g/mol. The van der Waals surface area contributed by atoms with Gasteiger partial charge in [0.2, 0.25) is 11.9 Å². The quantitative estimate of drug-likeness (QED) is 0.735. The molecule has 76 valence electrons. The molecule has 14 heavy (non-hydrogen) atoms. The van der Waals surface area contributed by atoms with Crippen molar-refractivity contribution in [3.8, 4) is 0 Å². The van der Waals surface area contributed by atoms with Crippen molar-refractivity contribution in [1.82, 2.24) is 15.3 Å². The van der Waals surface area contributed by atoms with Gasteiger partial charge in [-0.3, -0.25) is 4.79 Å². The second kappa shape index (κ2) is 5.16. The number of anilines is 1. The van der Waals surface area contributed by atoms with E-state index in [4.69, 9.17) is 0 Å². The first kappa shape index (κ1) is 10.4. The number of carbonyl (C=O) groups excluding carboxylic acids is 1. The van der Waals surface area contributed by atoms with E-state index in [1.165, 1.54) is 0 Å². The summed E-state index contributed by atoms with van der Waals surface area (Å²) in [6.45, 7) is 2.80. The largest absolute Gasteiger partial charge is 0.355 e. The van der Waals surface area contributed by atoms with Crippen molar-refractivity contribution in [3.63, 3.8) is 0 Å². The molecular formula is C9H14N4O. The lowest BCUT2D eigenvalue weighted by Crippen LogP contribution is -2.35. The number of aromatic nitrogens is 2. The molecule has 0 aliphatic carbocycles. The standard InChI is InChI=1S/C9H14N4O/c1-3-10-8(14)7-13(2)9-11-5-4-6-12-9/h4-6H,3,7H2,1-2H3,(H,10,14). The Morgan fingerprint density at radius 3 is 2.71 bits per heavy atom. The van der Waals surface area contributed by atoms with E-state index in [0.29, 0.717) is 12.5 Å². The summed E-state index contributed by atoms with van der Waals surface area (Å²) in [4.78, 5) is 21.0. The summed E-state index contributed by atoms with van der Waals surface area (Å²) in [5.74, 6) is 0.529. The molecule has 0 bridgehead atoms. The lowest BCUT2D eigenvalue weighted by molar-refractivity contribution is -0.119. The third-order valence-electron chi connectivity index (χ3n) is 1.65. The zero-order chi connectivity index (χ0) is 10.4. The molecule has 0 spiro atoms. The fourth-order valence-electron chi connectivity index (χ4n) is 1.03. The van der Waals surface area contributed by atoms with E-state index >= 15 is 0 Å². The second-order valence-corrected chi connectivity index (χ2v) is 2.86. The summed E-state index contributed by atoms with van der Waals surface area (Å²) in [7, 11) is 1.78. The van der Waals surface area contributed by atoms with E-state index in [2.05, 4.69) is 15.3 Å². The highest BCUT2D eigenvalue weighted by molar-refractivity contribution is 5.80. The minimum Gasteiger partial charge on any atom is -0.355 e. The Hall–Kier alpha value is -1.65. The van der Waals surface area contributed by atoms with Crippen LogP contribution in [0.3, 0.4) is 0 Å². The fraction of sp³-hybridized carbons (Fsp3) is 0.444. The van der Waals surface area contributed by atoms with Crippen molar-refractivity contribution in [1.29, 1.82) is 0 Å². The Kier molecular flexibility index (Phi) is 3.84. The van der Waals surface area contributed by atoms with Crippen LogP contribution in [0.5, 0.6) is 0 Å². The third-order valence-corrected chi connectivity index (χ3v) is 1.65. The van der Waals surface area contributed by atoms with E-state index in [1.54, 1.807) is 30.4 Å². The molecule has 0 saturated carbocycles. The van der Waals surface area contributed by atoms with Crippen LogP contribution in [0, 0.1) is 0 Å². The predicted molar refractivity (Wildman–Crippen MR) is 54.0 cm³/mol. The minimum atomic E-state index is -0.0255. The highest BCUT2D eigenvalue weighted by atomic mass is 16.2. The van der Waals surface area contributed by atoms with Gasteiger partial charge in [-0.1, -0.05) is 0 Å². The van der Waals surface area contributed by atoms with E-state index < -0.39 is 0 Å². The molecule has 0 saturated heterocycles. The number of carbonyl (C=O) groups is 1. The van der Waals surface area contributed by atoms with Gasteiger partial charge >= 0.3 is 0 Å². The lowest BCUT2D eigenvalue weighted by Gasteiger charge is -2.15. The Morgan fingerprint density at radius 1 is 1.50 bits per heavy atom. The maximum atomic E-state index is 11.2. The van der Waals surface area contributed by atoms with Crippen molar-refractivity contribution in [2.24, 2.45) is 0 Å². The fourth-order valence-corrected chi connectivity index (χ4v) is 1.03. The average Bonchev–Trinajstić information content (AvgIpc) is 2.19. The highest BCUT2D eigenvalue weighted by Gasteiger charge is 2.07. The van der Waals surface area contributed by atoms with Crippen LogP contribution in [0.2, 0.25) is 0 Å². The first-order valence-corrected chi connectivity index (χ1v) is 4.49. The van der Waals surface area contributed by atoms with Crippen LogP contribution in [-0.2, 0) is 4.79 Å². The summed E-state index contributed by atoms with van der Waals surface area (Å²) < 4.78 is 0. The minimum absolute atomic E-state index is 0.0255. The van der Waals surface area contributed by atoms with E-state index in [-0.39, 0.29) is 12.5 Å². The molecule has 0 fully saturated rings. The number of rotatable bonds is 4. The number of nitrogens with zero attached hydrogens (tertiary/aromatic N) is 3. The highest BCUT2D eigenvalue weighted by Crippen LogP contribution is 2.00. The van der Waals surface area contributed by atoms with Gasteiger partial charge in [0.15, 0.2) is 0 Å². The third kappa shape index (κ3) is 3.01. The molecule has 1 aromatic heterocycles. The van der Waals surface area contributed by atoms with Gasteiger partial charge in [-0.05, 0) is 13.0 Å². The molecule has 0 aliphatic rings. The molecule has 0 aromatic carbocycles. The number of likely N-dealkylation sites (N-methyl/N-ethyl adjacent to an activating group) is 2. The molecule has 1 heterocycles. The van der Waals surface area contributed by atoms with Gasteiger partial charge in [0.05, 0.1) is 6.54 Å². The van der Waals surface area contributed by atoms with Crippen molar-refractivity contribution in [2.45, 2.75) is 6.92 Å². The number of amides is 1. The normalized spacial score (nSPS) is 9.57. The predicted octanol–water partition coefficient (Wildman–Crippen LogP) is 0.0489. The summed E-state index contributed by atoms with van der Waals surface area (Å²) in [6, 6.07) is 1.74. The van der Waals surface area contributed by atoms with Crippen LogP contribution in [0.1, 0.15) is 6.92 Å². The molecule has 0 unspecified atom stereocenters. The van der Waals surface area contributed by atoms with Crippen LogP contribution in [-0.4, -0.2) is 36.0 Å². The van der Waals surface area contributed by atoms with Crippen LogP contribution < -0.4 is 10.2 Å². The maximum Gasteiger partial charge on any atom is 0.239 e. The van der Waals surface area contributed by atoms with Crippen LogP contribution in [0.25, 0.3) is 0 Å². The molecule has 0 radical (unpaired) electrons. The molecular weight excluding hydrogens is 180 g/mol. The molecule has 1 aromatic rings. The van der Waals surface area contributed by atoms with Gasteiger partial charge in [-0.25, -0.2) is 9.97 Å². The number of hydrogen-bond donors (Lipinski definition) is 1. The summed E-state index contributed by atoms with van der Waals surface area (Å²) in [6.07, 6.45) is 3.30. The smallest absolute Gasteiger partial charge is 0.239 e. The molecule has 1 rings (SSSR count). The molecule has 0 atom stereocenters. The molecule has 5 heteroatoms. The van der Waals surface area contributed by atoms with Gasteiger partial charge in [-0.2, -0.15) is 0 Å². The van der Waals surface area contributed by atoms with E-state index in [1.807, 2.05) is 6.92 Å². The second-order valence-electron chi connectivity index (χ2n) is 2.86. The van der Waals surface area contributed by atoms with Crippen molar-refractivity contribution in [2.75, 3.05) is 25.0 Å². The van der Waals surface area contributed by atoms with Gasteiger partial charge in [0.25, 0.3) is 0 Å². The van der Waals surface area contributed by atoms with E-state index in [0.717, 1.165) is 0 Å². The average molecular weight is 194 g/mol. The molecule has 0 aliphatic heterocycles. The molecule has 1 N–H and O–H groups in total. The zero-order valence-electron chi connectivity index (χ0n) is 8.40. The first-order valence-electron chi connectivity index (χ1n) is 4.49. The SMILES string of the molecule is CCNC(=O)CN(C)c1ncccn1. The van der Waals surface area contributed by atoms with Gasteiger partial charge in [-0.15, -0.1) is 0 Å². The van der Waals surface area contributed by atoms with Crippen molar-refractivity contribution < 1.29 is 4.79 Å². The van der Waals surface area contributed by atoms with Gasteiger partial charge < -0.3 is 10.2 Å². The zero-order valence-corrected chi connectivity index (χ0v) is 8.40. The molecule has 1 amide bonds. The van der Waals surface area contributed by atoms with E-state index in [9.17, 15) is 4.79 Å². The Bertz CT molecular complexity index is 288. The lowest BCUT2D eigenvalue weighted by atomic mass is 10.5. The molecule has 5 nitrogen and oxygen atoms in total. The first-order chi connectivity index (χ1) is 6.74. The summed E-state index contributed by atoms with van der Waals surface area (Å²) in [5.41, 5.74) is 0. The van der Waals surface area contributed by atoms with Gasteiger partial charge in [0.1, 0.15) is 0 Å². The topological polar surface area (TPSA) is 58.1 Å². The number of hydrogen-bond acceptors (Lipinski definition) is 4. The van der Waals surface area contributed by atoms with Gasteiger partial charge in [0, 0.05) is 26.0 Å². The summed E-state index contributed by atoms with van der Waals surface area (Å²) >= 11 is 0. The van der Waals surface area contributed by atoms with Crippen LogP contribution >= 0.6 is 0 Å². The van der Waals surface area contributed by atoms with Crippen LogP contribution in [0.15, 0.2) is 18.5 Å². The Labute approximate surface area is 83.2 Å². The number of nitrogens with one attached hydrogen (secondary N) is 1. The van der Waals surface area contributed by atoms with Crippen molar-refractivity contribution in [3.05, 3.63) is 18.5 Å². The van der Waals surface area contributed by atoms with Crippen molar-refractivity contribution >= 4 is 11.9 Å². The maximum absolute atomic E-state index is 11.2. The summed E-state index contributed by atoms with van der Waals surface area (Å²) in [5, 5.41) is 2.71. The Morgan fingerprint density at radius 2 is 2.14 bits per heavy atom. The van der Waals surface area contributed by atoms with Crippen LogP contribution in [0.4, 0.5) is 5.95 Å².